The molecule has 0 radical (unpaired) electrons. The SMILES string of the molecule is CCc1cnn2c(N)cc(Cl)nc12.CCc1cnn2c(N)cc(N3CC[C@H](NC(=O)OC(C)(C)C)C3)nc12. The zero-order valence-electron chi connectivity index (χ0n) is 22.4. The summed E-state index contributed by atoms with van der Waals surface area (Å²) in [5, 5.41) is 11.7. The maximum Gasteiger partial charge on any atom is 0.407 e. The Hall–Kier alpha value is -3.80. The zero-order valence-corrected chi connectivity index (χ0v) is 23.2. The van der Waals surface area contributed by atoms with E-state index in [0.29, 0.717) is 23.3 Å². The second-order valence-corrected chi connectivity index (χ2v) is 10.5. The monoisotopic (exact) mass is 542 g/mol. The molecule has 0 spiro atoms. The van der Waals surface area contributed by atoms with E-state index in [0.717, 1.165) is 54.0 Å². The van der Waals surface area contributed by atoms with Crippen LogP contribution in [-0.4, -0.2) is 60.0 Å². The molecule has 1 aliphatic heterocycles. The highest BCUT2D eigenvalue weighted by Gasteiger charge is 2.27. The Morgan fingerprint density at radius 1 is 1.05 bits per heavy atom. The number of nitrogens with zero attached hydrogens (tertiary/aromatic N) is 7. The molecule has 5 N–H and O–H groups in total. The topological polar surface area (TPSA) is 154 Å². The van der Waals surface area contributed by atoms with Crippen molar-refractivity contribution in [2.75, 3.05) is 29.5 Å². The summed E-state index contributed by atoms with van der Waals surface area (Å²) in [6.45, 7) is 11.1. The molecule has 0 unspecified atom stereocenters. The third-order valence-electron chi connectivity index (χ3n) is 6.09. The summed E-state index contributed by atoms with van der Waals surface area (Å²) < 4.78 is 8.57. The second-order valence-electron chi connectivity index (χ2n) is 10.1. The third kappa shape index (κ3) is 6.01. The number of rotatable bonds is 4. The molecule has 4 aromatic rings. The van der Waals surface area contributed by atoms with Crippen molar-refractivity contribution >= 4 is 46.4 Å². The maximum absolute atomic E-state index is 11.9. The molecule has 0 bridgehead atoms. The van der Waals surface area contributed by atoms with Crippen molar-refractivity contribution in [3.05, 3.63) is 40.8 Å². The minimum atomic E-state index is -0.498. The first-order chi connectivity index (χ1) is 18.0. The van der Waals surface area contributed by atoms with Crippen molar-refractivity contribution in [3.63, 3.8) is 0 Å². The number of nitrogens with one attached hydrogen (secondary N) is 1. The van der Waals surface area contributed by atoms with Crippen molar-refractivity contribution in [1.82, 2.24) is 34.5 Å². The van der Waals surface area contributed by atoms with E-state index in [9.17, 15) is 4.79 Å². The number of anilines is 3. The minimum Gasteiger partial charge on any atom is -0.444 e. The Labute approximate surface area is 226 Å². The molecule has 12 nitrogen and oxygen atoms in total. The highest BCUT2D eigenvalue weighted by molar-refractivity contribution is 6.29. The molecule has 0 aromatic carbocycles. The van der Waals surface area contributed by atoms with Crippen LogP contribution >= 0.6 is 11.6 Å². The number of carbonyl (C=O) groups excluding carboxylic acids is 1. The predicted molar refractivity (Wildman–Crippen MR) is 149 cm³/mol. The molecule has 4 aromatic heterocycles. The molecule has 0 saturated carbocycles. The smallest absolute Gasteiger partial charge is 0.407 e. The zero-order chi connectivity index (χ0) is 27.6. The van der Waals surface area contributed by atoms with E-state index >= 15 is 0 Å². The molecule has 1 saturated heterocycles. The van der Waals surface area contributed by atoms with Crippen LogP contribution in [0.15, 0.2) is 24.5 Å². The fourth-order valence-electron chi connectivity index (χ4n) is 4.24. The summed E-state index contributed by atoms with van der Waals surface area (Å²) in [5.41, 5.74) is 15.0. The molecule has 5 rings (SSSR count). The lowest BCUT2D eigenvalue weighted by molar-refractivity contribution is 0.0509. The summed E-state index contributed by atoms with van der Waals surface area (Å²) in [7, 11) is 0. The molecule has 1 aliphatic rings. The van der Waals surface area contributed by atoms with Gasteiger partial charge >= 0.3 is 6.09 Å². The Balaban J connectivity index is 0.000000216. The van der Waals surface area contributed by atoms with Crippen LogP contribution in [0.25, 0.3) is 11.3 Å². The normalized spacial score (nSPS) is 15.5. The van der Waals surface area contributed by atoms with Crippen LogP contribution in [0.3, 0.4) is 0 Å². The number of ether oxygens (including phenoxy) is 1. The van der Waals surface area contributed by atoms with Crippen molar-refractivity contribution < 1.29 is 9.53 Å². The maximum atomic E-state index is 11.9. The van der Waals surface area contributed by atoms with Gasteiger partial charge in [-0.1, -0.05) is 25.4 Å². The summed E-state index contributed by atoms with van der Waals surface area (Å²) in [6, 6.07) is 3.45. The van der Waals surface area contributed by atoms with Crippen LogP contribution in [0, 0.1) is 0 Å². The molecule has 38 heavy (non-hydrogen) atoms. The highest BCUT2D eigenvalue weighted by Crippen LogP contribution is 2.24. The Morgan fingerprint density at radius 3 is 2.21 bits per heavy atom. The standard InChI is InChI=1S/C17H26N6O2.C8H9ClN4/c1-5-11-9-19-23-13(18)8-14(21-15(11)23)22-7-6-12(10-22)20-16(24)25-17(2,3)4;1-2-5-4-11-13-7(10)3-6(9)12-8(5)13/h8-9,12H,5-7,10,18H2,1-4H3,(H,20,24);3-4H,2,10H2,1H3/t12-;/m0./s1. The number of aryl methyl sites for hydroxylation is 2. The molecule has 0 aliphatic carbocycles. The first kappa shape index (κ1) is 27.2. The Kier molecular flexibility index (Phi) is 7.81. The van der Waals surface area contributed by atoms with Crippen molar-refractivity contribution in [2.45, 2.75) is 65.5 Å². The second kappa shape index (κ2) is 10.9. The first-order valence-corrected chi connectivity index (χ1v) is 13.0. The number of halogens is 1. The lowest BCUT2D eigenvalue weighted by Gasteiger charge is -2.22. The number of amides is 1. The number of carbonyl (C=O) groups is 1. The van der Waals surface area contributed by atoms with E-state index in [2.05, 4.69) is 32.3 Å². The van der Waals surface area contributed by atoms with Crippen LogP contribution in [-0.2, 0) is 17.6 Å². The summed E-state index contributed by atoms with van der Waals surface area (Å²) >= 11 is 5.78. The molecule has 1 amide bonds. The minimum absolute atomic E-state index is 0.0321. The average molecular weight is 543 g/mol. The van der Waals surface area contributed by atoms with E-state index in [1.54, 1.807) is 27.5 Å². The predicted octanol–water partition coefficient (Wildman–Crippen LogP) is 3.50. The molecule has 1 atom stereocenters. The lowest BCUT2D eigenvalue weighted by Crippen LogP contribution is -2.40. The van der Waals surface area contributed by atoms with Gasteiger partial charge in [-0.05, 0) is 40.0 Å². The summed E-state index contributed by atoms with van der Waals surface area (Å²) in [6.07, 6.45) is 5.74. The molecule has 1 fully saturated rings. The Morgan fingerprint density at radius 2 is 1.63 bits per heavy atom. The van der Waals surface area contributed by atoms with Crippen molar-refractivity contribution in [1.29, 1.82) is 0 Å². The third-order valence-corrected chi connectivity index (χ3v) is 6.29. The summed E-state index contributed by atoms with van der Waals surface area (Å²) in [5.74, 6) is 1.88. The number of nitrogen functional groups attached to an aromatic ring is 2. The lowest BCUT2D eigenvalue weighted by atomic mass is 10.2. The van der Waals surface area contributed by atoms with Crippen molar-refractivity contribution in [3.8, 4) is 0 Å². The molecular formula is C25H35ClN10O2. The molecule has 204 valence electrons. The van der Waals surface area contributed by atoms with E-state index in [-0.39, 0.29) is 12.1 Å². The van der Waals surface area contributed by atoms with Crippen LogP contribution in [0.1, 0.15) is 52.2 Å². The van der Waals surface area contributed by atoms with Crippen LogP contribution in [0.5, 0.6) is 0 Å². The number of aromatic nitrogens is 6. The van der Waals surface area contributed by atoms with E-state index < -0.39 is 5.60 Å². The number of hydrogen-bond acceptors (Lipinski definition) is 9. The molecular weight excluding hydrogens is 508 g/mol. The quantitative estimate of drug-likeness (QED) is 0.328. The molecule has 5 heterocycles. The highest BCUT2D eigenvalue weighted by atomic mass is 35.5. The van der Waals surface area contributed by atoms with Gasteiger partial charge in [0.1, 0.15) is 28.2 Å². The van der Waals surface area contributed by atoms with Gasteiger partial charge in [0, 0.05) is 36.3 Å². The van der Waals surface area contributed by atoms with Gasteiger partial charge in [0.2, 0.25) is 0 Å². The van der Waals surface area contributed by atoms with Gasteiger partial charge in [0.25, 0.3) is 0 Å². The van der Waals surface area contributed by atoms with Gasteiger partial charge in [0.05, 0.1) is 18.4 Å². The first-order valence-electron chi connectivity index (χ1n) is 12.6. The van der Waals surface area contributed by atoms with Gasteiger partial charge in [0.15, 0.2) is 11.3 Å². The average Bonchev–Trinajstić information content (AvgIpc) is 3.56. The van der Waals surface area contributed by atoms with Gasteiger partial charge in [-0.15, -0.1) is 0 Å². The van der Waals surface area contributed by atoms with Crippen molar-refractivity contribution in [2.24, 2.45) is 0 Å². The van der Waals surface area contributed by atoms with Gasteiger partial charge in [-0.3, -0.25) is 0 Å². The number of hydrogen-bond donors (Lipinski definition) is 3. The largest absolute Gasteiger partial charge is 0.444 e. The van der Waals surface area contributed by atoms with E-state index in [4.69, 9.17) is 32.8 Å². The van der Waals surface area contributed by atoms with Gasteiger partial charge in [-0.25, -0.2) is 14.8 Å². The van der Waals surface area contributed by atoms with Gasteiger partial charge in [-0.2, -0.15) is 19.2 Å². The van der Waals surface area contributed by atoms with E-state index in [1.807, 2.05) is 33.8 Å². The summed E-state index contributed by atoms with van der Waals surface area (Å²) in [4.78, 5) is 22.9. The van der Waals surface area contributed by atoms with Crippen LogP contribution in [0.2, 0.25) is 5.15 Å². The fourth-order valence-corrected chi connectivity index (χ4v) is 4.43. The van der Waals surface area contributed by atoms with Gasteiger partial charge < -0.3 is 26.4 Å². The molecule has 13 heteroatoms. The van der Waals surface area contributed by atoms with Crippen LogP contribution < -0.4 is 21.7 Å². The van der Waals surface area contributed by atoms with Crippen LogP contribution in [0.4, 0.5) is 22.2 Å². The Bertz CT molecular complexity index is 1440. The van der Waals surface area contributed by atoms with E-state index in [1.165, 1.54) is 0 Å². The number of alkyl carbamates (subject to hydrolysis) is 1. The number of nitrogens with two attached hydrogens (primary N) is 2. The number of fused-ring (bicyclic) bond motifs is 2. The fraction of sp³-hybridized carbons (Fsp3) is 0.480.